The molecule has 8 nitrogen and oxygen atoms in total. The second kappa shape index (κ2) is 9.88. The number of carbonyl (C=O) groups is 1. The molecule has 0 aliphatic carbocycles. The van der Waals surface area contributed by atoms with E-state index in [0.29, 0.717) is 21.8 Å². The first-order chi connectivity index (χ1) is 17.0. The monoisotopic (exact) mass is 543 g/mol. The first-order valence-electron chi connectivity index (χ1n) is 10.7. The molecule has 186 valence electrons. The van der Waals surface area contributed by atoms with Crippen molar-refractivity contribution < 1.29 is 21.6 Å². The number of amides is 1. The topological polar surface area (TPSA) is 126 Å². The molecule has 0 aliphatic heterocycles. The van der Waals surface area contributed by atoms with Crippen LogP contribution >= 0.6 is 11.6 Å². The average Bonchev–Trinajstić information content (AvgIpc) is 3.30. The molecule has 0 saturated carbocycles. The lowest BCUT2D eigenvalue weighted by Gasteiger charge is -2.10. The number of rotatable bonds is 7. The van der Waals surface area contributed by atoms with Crippen LogP contribution in [0, 0.1) is 13.8 Å². The molecule has 2 N–H and O–H groups in total. The van der Waals surface area contributed by atoms with Crippen LogP contribution in [0.25, 0.3) is 11.4 Å². The van der Waals surface area contributed by atoms with E-state index in [1.54, 1.807) is 74.5 Å². The van der Waals surface area contributed by atoms with Gasteiger partial charge in [0.15, 0.2) is 10.1 Å². The molecule has 3 aromatic carbocycles. The highest BCUT2D eigenvalue weighted by Crippen LogP contribution is 2.30. The number of hydrogen-bond acceptors (Lipinski definition) is 6. The zero-order valence-corrected chi connectivity index (χ0v) is 21.7. The van der Waals surface area contributed by atoms with Crippen molar-refractivity contribution in [2.75, 3.05) is 11.1 Å². The number of sulfone groups is 2. The molecule has 0 spiro atoms. The molecule has 0 atom stereocenters. The number of benzene rings is 3. The van der Waals surface area contributed by atoms with Crippen LogP contribution in [0.1, 0.15) is 11.1 Å². The van der Waals surface area contributed by atoms with Gasteiger partial charge in [-0.1, -0.05) is 65.7 Å². The van der Waals surface area contributed by atoms with Crippen LogP contribution < -0.4 is 5.32 Å². The van der Waals surface area contributed by atoms with E-state index in [9.17, 15) is 21.6 Å². The van der Waals surface area contributed by atoms with Gasteiger partial charge in [0.2, 0.25) is 25.6 Å². The van der Waals surface area contributed by atoms with Gasteiger partial charge in [-0.25, -0.2) is 21.8 Å². The Kier molecular flexibility index (Phi) is 7.03. The highest BCUT2D eigenvalue weighted by atomic mass is 35.5. The minimum Gasteiger partial charge on any atom is -0.328 e. The van der Waals surface area contributed by atoms with Gasteiger partial charge in [-0.05, 0) is 43.7 Å². The number of halogens is 1. The summed E-state index contributed by atoms with van der Waals surface area (Å²) in [4.78, 5) is 19.4. The third-order valence-electron chi connectivity index (χ3n) is 5.44. The quantitative estimate of drug-likeness (QED) is 0.351. The SMILES string of the molecule is Cc1ccc(S(=O)(=O)c2[nH]c(-c3ccccc3)nc2S(=O)(=O)CC(=O)Nc2cccc(Cl)c2C)cc1. The normalized spacial score (nSPS) is 11.9. The molecular formula is C25H22ClN3O5S2. The fraction of sp³-hybridized carbons (Fsp3) is 0.120. The van der Waals surface area contributed by atoms with E-state index < -0.39 is 41.4 Å². The maximum Gasteiger partial charge on any atom is 0.240 e. The van der Waals surface area contributed by atoms with E-state index in [0.717, 1.165) is 5.56 Å². The first kappa shape index (κ1) is 25.6. The van der Waals surface area contributed by atoms with Crippen LogP contribution in [0.4, 0.5) is 5.69 Å². The van der Waals surface area contributed by atoms with Crippen LogP contribution in [0.5, 0.6) is 0 Å². The smallest absolute Gasteiger partial charge is 0.240 e. The van der Waals surface area contributed by atoms with Crippen molar-refractivity contribution in [2.24, 2.45) is 0 Å². The van der Waals surface area contributed by atoms with Crippen molar-refractivity contribution in [3.05, 3.63) is 88.9 Å². The number of anilines is 1. The standard InChI is InChI=1S/C25H22ClN3O5S2/c1-16-11-13-19(14-12-16)36(33,34)25-24(28-23(29-25)18-7-4-3-5-8-18)35(31,32)15-22(30)27-21-10-6-9-20(26)17(21)2/h3-14H,15H2,1-2H3,(H,27,30)(H,28,29). The molecule has 1 heterocycles. The summed E-state index contributed by atoms with van der Waals surface area (Å²) in [6.07, 6.45) is 0. The number of aryl methyl sites for hydroxylation is 1. The van der Waals surface area contributed by atoms with Crippen LogP contribution in [-0.4, -0.2) is 38.5 Å². The number of nitrogens with one attached hydrogen (secondary N) is 2. The Hall–Kier alpha value is -3.47. The fourth-order valence-corrected chi connectivity index (χ4v) is 6.71. The summed E-state index contributed by atoms with van der Waals surface area (Å²) in [5.41, 5.74) is 2.24. The van der Waals surface area contributed by atoms with Crippen molar-refractivity contribution in [1.29, 1.82) is 0 Å². The largest absolute Gasteiger partial charge is 0.328 e. The Morgan fingerprint density at radius 2 is 1.58 bits per heavy atom. The van der Waals surface area contributed by atoms with Gasteiger partial charge in [0.1, 0.15) is 11.6 Å². The molecule has 0 unspecified atom stereocenters. The third kappa shape index (κ3) is 5.20. The summed E-state index contributed by atoms with van der Waals surface area (Å²) in [7, 11) is -8.80. The molecule has 0 radical (unpaired) electrons. The summed E-state index contributed by atoms with van der Waals surface area (Å²) in [6.45, 7) is 3.48. The van der Waals surface area contributed by atoms with E-state index in [-0.39, 0.29) is 10.7 Å². The van der Waals surface area contributed by atoms with E-state index in [1.165, 1.54) is 12.1 Å². The zero-order chi connectivity index (χ0) is 26.1. The predicted molar refractivity (Wildman–Crippen MR) is 138 cm³/mol. The number of imidazole rings is 1. The number of carbonyl (C=O) groups excluding carboxylic acids is 1. The Balaban J connectivity index is 1.77. The van der Waals surface area contributed by atoms with Crippen LogP contribution in [0.3, 0.4) is 0 Å². The van der Waals surface area contributed by atoms with E-state index in [4.69, 9.17) is 11.6 Å². The number of aromatic nitrogens is 2. The van der Waals surface area contributed by atoms with Crippen molar-refractivity contribution in [3.63, 3.8) is 0 Å². The second-order valence-electron chi connectivity index (χ2n) is 8.12. The van der Waals surface area contributed by atoms with Crippen molar-refractivity contribution in [2.45, 2.75) is 28.8 Å². The van der Waals surface area contributed by atoms with E-state index in [2.05, 4.69) is 15.3 Å². The van der Waals surface area contributed by atoms with Gasteiger partial charge >= 0.3 is 0 Å². The van der Waals surface area contributed by atoms with Crippen LogP contribution in [0.15, 0.2) is 87.7 Å². The lowest BCUT2D eigenvalue weighted by Crippen LogP contribution is -2.24. The summed E-state index contributed by atoms with van der Waals surface area (Å²) >= 11 is 6.08. The number of H-pyrrole nitrogens is 1. The molecule has 11 heteroatoms. The van der Waals surface area contributed by atoms with E-state index in [1.807, 2.05) is 0 Å². The molecule has 1 amide bonds. The van der Waals surface area contributed by atoms with Crippen LogP contribution in [-0.2, 0) is 24.5 Å². The molecule has 4 aromatic rings. The van der Waals surface area contributed by atoms with E-state index >= 15 is 0 Å². The van der Waals surface area contributed by atoms with Gasteiger partial charge in [0, 0.05) is 16.3 Å². The Bertz CT molecular complexity index is 1650. The third-order valence-corrected chi connectivity index (χ3v) is 9.24. The molecule has 0 fully saturated rings. The van der Waals surface area contributed by atoms with Gasteiger partial charge in [-0.15, -0.1) is 0 Å². The second-order valence-corrected chi connectivity index (χ2v) is 12.3. The molecule has 36 heavy (non-hydrogen) atoms. The highest BCUT2D eigenvalue weighted by Gasteiger charge is 2.34. The van der Waals surface area contributed by atoms with Crippen molar-refractivity contribution >= 4 is 42.9 Å². The van der Waals surface area contributed by atoms with Gasteiger partial charge < -0.3 is 10.3 Å². The Morgan fingerprint density at radius 3 is 2.25 bits per heavy atom. The molecule has 0 saturated heterocycles. The maximum atomic E-state index is 13.5. The number of aromatic amines is 1. The average molecular weight is 544 g/mol. The van der Waals surface area contributed by atoms with Crippen molar-refractivity contribution in [3.8, 4) is 11.4 Å². The lowest BCUT2D eigenvalue weighted by atomic mass is 10.2. The van der Waals surface area contributed by atoms with Gasteiger partial charge in [0.25, 0.3) is 0 Å². The zero-order valence-electron chi connectivity index (χ0n) is 19.3. The highest BCUT2D eigenvalue weighted by molar-refractivity contribution is 7.94. The fourth-order valence-electron chi connectivity index (χ4n) is 3.47. The maximum absolute atomic E-state index is 13.5. The van der Waals surface area contributed by atoms with Gasteiger partial charge in [0.05, 0.1) is 4.90 Å². The molecule has 0 aliphatic rings. The molecular weight excluding hydrogens is 522 g/mol. The van der Waals surface area contributed by atoms with Gasteiger partial charge in [-0.2, -0.15) is 0 Å². The minimum absolute atomic E-state index is 0.0472. The van der Waals surface area contributed by atoms with Gasteiger partial charge in [-0.3, -0.25) is 4.79 Å². The predicted octanol–water partition coefficient (Wildman–Crippen LogP) is 4.59. The minimum atomic E-state index is -4.49. The Morgan fingerprint density at radius 1 is 0.917 bits per heavy atom. The number of nitrogens with zero attached hydrogens (tertiary/aromatic N) is 1. The first-order valence-corrected chi connectivity index (χ1v) is 14.3. The summed E-state index contributed by atoms with van der Waals surface area (Å²) in [5.74, 6) is -1.83. The molecule has 4 rings (SSSR count). The van der Waals surface area contributed by atoms with Crippen LogP contribution in [0.2, 0.25) is 5.02 Å². The molecule has 1 aromatic heterocycles. The summed E-state index contributed by atoms with van der Waals surface area (Å²) in [6, 6.07) is 19.3. The number of hydrogen-bond donors (Lipinski definition) is 2. The van der Waals surface area contributed by atoms with Crippen molar-refractivity contribution in [1.82, 2.24) is 9.97 Å². The summed E-state index contributed by atoms with van der Waals surface area (Å²) < 4.78 is 53.6. The lowest BCUT2D eigenvalue weighted by molar-refractivity contribution is -0.113. The Labute approximate surface area is 214 Å². The summed E-state index contributed by atoms with van der Waals surface area (Å²) in [5, 5.41) is 1.60. The molecule has 0 bridgehead atoms.